The normalized spacial score (nSPS) is 38.8. The number of hydrogen-bond donors (Lipinski definition) is 1. The first-order chi connectivity index (χ1) is 7.83. The molecule has 2 saturated carbocycles. The average Bonchev–Trinajstić information content (AvgIpc) is 2.89. The van der Waals surface area contributed by atoms with Gasteiger partial charge in [0, 0.05) is 11.8 Å². The Bertz CT molecular complexity index is 286. The van der Waals surface area contributed by atoms with E-state index in [4.69, 9.17) is 0 Å². The Morgan fingerprint density at radius 3 is 2.88 bits per heavy atom. The second kappa shape index (κ2) is 4.59. The summed E-state index contributed by atoms with van der Waals surface area (Å²) in [6, 6.07) is 0. The smallest absolute Gasteiger partial charge is 0.156 e. The molecule has 0 aromatic rings. The van der Waals surface area contributed by atoms with Gasteiger partial charge in [-0.2, -0.15) is 0 Å². The van der Waals surface area contributed by atoms with E-state index in [0.717, 1.165) is 36.1 Å². The molecule has 3 atom stereocenters. The van der Waals surface area contributed by atoms with Gasteiger partial charge in [0.05, 0.1) is 6.54 Å². The standard InChI is InChI=1S/C13H22N2S/c1-9-3-2-4-11(9)7-14-13-15-8-12(16-13)10-5-6-10/h9-12H,2-8H2,1H3,(H,14,15). The summed E-state index contributed by atoms with van der Waals surface area (Å²) in [4.78, 5) is 4.63. The zero-order valence-electron chi connectivity index (χ0n) is 10.1. The molecule has 1 heterocycles. The van der Waals surface area contributed by atoms with Gasteiger partial charge < -0.3 is 5.32 Å². The lowest BCUT2D eigenvalue weighted by Gasteiger charge is -2.16. The zero-order chi connectivity index (χ0) is 11.0. The summed E-state index contributed by atoms with van der Waals surface area (Å²) >= 11 is 2.00. The van der Waals surface area contributed by atoms with E-state index in [1.54, 1.807) is 0 Å². The second-order valence-electron chi connectivity index (χ2n) is 5.69. The van der Waals surface area contributed by atoms with Crippen molar-refractivity contribution < 1.29 is 0 Å². The molecule has 1 N–H and O–H groups in total. The molecule has 0 aromatic carbocycles. The number of hydrogen-bond acceptors (Lipinski definition) is 3. The Morgan fingerprint density at radius 1 is 1.31 bits per heavy atom. The van der Waals surface area contributed by atoms with Gasteiger partial charge in [-0.25, -0.2) is 0 Å². The Morgan fingerprint density at radius 2 is 2.19 bits per heavy atom. The first-order valence-corrected chi connectivity index (χ1v) is 7.66. The lowest BCUT2D eigenvalue weighted by Crippen LogP contribution is -2.27. The summed E-state index contributed by atoms with van der Waals surface area (Å²) < 4.78 is 0. The van der Waals surface area contributed by atoms with Crippen LogP contribution in [0.15, 0.2) is 4.99 Å². The van der Waals surface area contributed by atoms with Gasteiger partial charge in [-0.05, 0) is 37.0 Å². The minimum atomic E-state index is 0.809. The lowest BCUT2D eigenvalue weighted by molar-refractivity contribution is 0.416. The second-order valence-corrected chi connectivity index (χ2v) is 6.92. The van der Waals surface area contributed by atoms with E-state index in [-0.39, 0.29) is 0 Å². The van der Waals surface area contributed by atoms with Gasteiger partial charge >= 0.3 is 0 Å². The molecule has 0 aromatic heterocycles. The van der Waals surface area contributed by atoms with E-state index < -0.39 is 0 Å². The van der Waals surface area contributed by atoms with Crippen molar-refractivity contribution >= 4 is 16.9 Å². The van der Waals surface area contributed by atoms with Crippen LogP contribution in [0.1, 0.15) is 39.0 Å². The molecule has 1 aliphatic heterocycles. The van der Waals surface area contributed by atoms with Crippen LogP contribution in [0.4, 0.5) is 0 Å². The van der Waals surface area contributed by atoms with Crippen LogP contribution in [0.5, 0.6) is 0 Å². The molecule has 0 amide bonds. The molecule has 3 unspecified atom stereocenters. The van der Waals surface area contributed by atoms with Gasteiger partial charge in [0.15, 0.2) is 5.17 Å². The van der Waals surface area contributed by atoms with Crippen LogP contribution in [-0.2, 0) is 0 Å². The maximum absolute atomic E-state index is 4.63. The van der Waals surface area contributed by atoms with Crippen LogP contribution in [0.2, 0.25) is 0 Å². The number of rotatable bonds is 3. The van der Waals surface area contributed by atoms with Gasteiger partial charge in [0.1, 0.15) is 0 Å². The van der Waals surface area contributed by atoms with Crippen LogP contribution in [0.3, 0.4) is 0 Å². The highest BCUT2D eigenvalue weighted by molar-refractivity contribution is 8.14. The predicted octanol–water partition coefficient (Wildman–Crippen LogP) is 2.89. The van der Waals surface area contributed by atoms with Crippen molar-refractivity contribution in [2.24, 2.45) is 22.7 Å². The van der Waals surface area contributed by atoms with Crippen LogP contribution in [0, 0.1) is 17.8 Å². The quantitative estimate of drug-likeness (QED) is 0.817. The van der Waals surface area contributed by atoms with Crippen LogP contribution in [0.25, 0.3) is 0 Å². The van der Waals surface area contributed by atoms with Crippen molar-refractivity contribution in [3.8, 4) is 0 Å². The molecule has 2 fully saturated rings. The van der Waals surface area contributed by atoms with E-state index in [9.17, 15) is 0 Å². The molecule has 3 heteroatoms. The summed E-state index contributed by atoms with van der Waals surface area (Å²) in [5, 5.41) is 5.62. The van der Waals surface area contributed by atoms with Gasteiger partial charge in [0.2, 0.25) is 0 Å². The van der Waals surface area contributed by atoms with Crippen molar-refractivity contribution in [2.45, 2.75) is 44.3 Å². The Labute approximate surface area is 103 Å². The van der Waals surface area contributed by atoms with E-state index in [1.807, 2.05) is 11.8 Å². The highest BCUT2D eigenvalue weighted by Crippen LogP contribution is 2.41. The number of nitrogens with zero attached hydrogens (tertiary/aromatic N) is 1. The van der Waals surface area contributed by atoms with Crippen molar-refractivity contribution in [2.75, 3.05) is 13.1 Å². The number of amidine groups is 1. The third kappa shape index (κ3) is 2.39. The molecule has 0 radical (unpaired) electrons. The molecule has 0 spiro atoms. The fourth-order valence-electron chi connectivity index (χ4n) is 2.95. The summed E-state index contributed by atoms with van der Waals surface area (Å²) in [5.74, 6) is 2.79. The minimum Gasteiger partial charge on any atom is -0.365 e. The van der Waals surface area contributed by atoms with Crippen LogP contribution >= 0.6 is 11.8 Å². The van der Waals surface area contributed by atoms with E-state index in [0.29, 0.717) is 0 Å². The van der Waals surface area contributed by atoms with Crippen molar-refractivity contribution in [3.05, 3.63) is 0 Å². The van der Waals surface area contributed by atoms with Crippen LogP contribution in [-0.4, -0.2) is 23.5 Å². The maximum Gasteiger partial charge on any atom is 0.156 e. The summed E-state index contributed by atoms with van der Waals surface area (Å²) in [5.41, 5.74) is 0. The first-order valence-electron chi connectivity index (χ1n) is 6.78. The van der Waals surface area contributed by atoms with Gasteiger partial charge in [-0.3, -0.25) is 4.99 Å². The third-order valence-corrected chi connectivity index (χ3v) is 5.71. The third-order valence-electron chi connectivity index (χ3n) is 4.38. The molecular weight excluding hydrogens is 216 g/mol. The number of nitrogens with one attached hydrogen (secondary N) is 1. The lowest BCUT2D eigenvalue weighted by atomic mass is 9.98. The highest BCUT2D eigenvalue weighted by atomic mass is 32.2. The average molecular weight is 238 g/mol. The predicted molar refractivity (Wildman–Crippen MR) is 70.9 cm³/mol. The monoisotopic (exact) mass is 238 g/mol. The molecule has 3 rings (SSSR count). The van der Waals surface area contributed by atoms with E-state index in [2.05, 4.69) is 17.2 Å². The molecule has 3 aliphatic rings. The van der Waals surface area contributed by atoms with Crippen molar-refractivity contribution in [1.82, 2.24) is 5.32 Å². The molecule has 0 saturated heterocycles. The Hall–Kier alpha value is -0.180. The molecular formula is C13H22N2S. The fraction of sp³-hybridized carbons (Fsp3) is 0.923. The van der Waals surface area contributed by atoms with Crippen molar-refractivity contribution in [3.63, 3.8) is 0 Å². The summed E-state index contributed by atoms with van der Waals surface area (Å²) in [6.45, 7) is 4.62. The molecule has 0 bridgehead atoms. The Kier molecular flexibility index (Phi) is 3.14. The van der Waals surface area contributed by atoms with Gasteiger partial charge in [0.25, 0.3) is 0 Å². The largest absolute Gasteiger partial charge is 0.365 e. The van der Waals surface area contributed by atoms with E-state index in [1.165, 1.54) is 37.3 Å². The van der Waals surface area contributed by atoms with Crippen LogP contribution < -0.4 is 5.32 Å². The SMILES string of the molecule is CC1CCCC1CNC1=NCC(C2CC2)S1. The topological polar surface area (TPSA) is 24.4 Å². The van der Waals surface area contributed by atoms with Gasteiger partial charge in [-0.1, -0.05) is 31.5 Å². The molecule has 2 aliphatic carbocycles. The zero-order valence-corrected chi connectivity index (χ0v) is 10.9. The first kappa shape index (κ1) is 10.9. The number of thioether (sulfide) groups is 1. The van der Waals surface area contributed by atoms with Gasteiger partial charge in [-0.15, -0.1) is 0 Å². The maximum atomic E-state index is 4.63. The summed E-state index contributed by atoms with van der Waals surface area (Å²) in [6.07, 6.45) is 7.16. The number of aliphatic imine (C=N–C) groups is 1. The minimum absolute atomic E-state index is 0.809. The molecule has 16 heavy (non-hydrogen) atoms. The van der Waals surface area contributed by atoms with Crippen molar-refractivity contribution in [1.29, 1.82) is 0 Å². The molecule has 90 valence electrons. The highest BCUT2D eigenvalue weighted by Gasteiger charge is 2.35. The molecule has 2 nitrogen and oxygen atoms in total. The Balaban J connectivity index is 1.42. The summed E-state index contributed by atoms with van der Waals surface area (Å²) in [7, 11) is 0. The van der Waals surface area contributed by atoms with E-state index >= 15 is 0 Å². The fourth-order valence-corrected chi connectivity index (χ4v) is 4.16.